The van der Waals surface area contributed by atoms with Crippen molar-refractivity contribution >= 4 is 33.4 Å². The third kappa shape index (κ3) is 4.46. The number of sulfonamides is 1. The molecule has 2 aromatic rings. The Morgan fingerprint density at radius 1 is 1.29 bits per heavy atom. The summed E-state index contributed by atoms with van der Waals surface area (Å²) in [5.41, 5.74) is 0.463. The minimum absolute atomic E-state index is 0.0210. The molecule has 0 radical (unpaired) electrons. The van der Waals surface area contributed by atoms with Gasteiger partial charge in [-0.15, -0.1) is 10.2 Å². The monoisotopic (exact) mass is 370 g/mol. The minimum Gasteiger partial charge on any atom is -0.336 e. The summed E-state index contributed by atoms with van der Waals surface area (Å²) in [5, 5.41) is 16.0. The Hall–Kier alpha value is -2.11. The molecule has 0 aliphatic heterocycles. The van der Waals surface area contributed by atoms with E-state index in [1.165, 1.54) is 28.9 Å². The highest BCUT2D eigenvalue weighted by Gasteiger charge is 2.14. The van der Waals surface area contributed by atoms with E-state index in [9.17, 15) is 13.2 Å². The number of aromatic nitrogens is 3. The fraction of sp³-hybridized carbons (Fsp3) is 0.308. The van der Waals surface area contributed by atoms with Crippen molar-refractivity contribution in [2.75, 3.05) is 16.9 Å². The van der Waals surface area contributed by atoms with E-state index in [-0.39, 0.29) is 22.5 Å². The fourth-order valence-electron chi connectivity index (χ4n) is 1.84. The second-order valence-electron chi connectivity index (χ2n) is 5.27. The zero-order valence-corrected chi connectivity index (χ0v) is 14.8. The molecule has 9 nitrogen and oxygen atoms in total. The lowest BCUT2D eigenvalue weighted by Crippen LogP contribution is -2.18. The van der Waals surface area contributed by atoms with Crippen LogP contribution in [-0.2, 0) is 14.8 Å². The number of amides is 1. The Morgan fingerprint density at radius 2 is 1.92 bits per heavy atom. The molecular weight excluding hydrogens is 352 g/mol. The molecule has 0 bridgehead atoms. The van der Waals surface area contributed by atoms with E-state index in [1.54, 1.807) is 0 Å². The summed E-state index contributed by atoms with van der Waals surface area (Å²) in [5.74, 6) is 6.44. The number of benzene rings is 1. The number of carbonyl (C=O) groups excluding carboxylic acids is 1. The number of rotatable bonds is 6. The summed E-state index contributed by atoms with van der Waals surface area (Å²) < 4.78 is 23.7. The molecule has 0 unspecified atom stereocenters. The molecule has 11 heteroatoms. The molecule has 1 aromatic carbocycles. The minimum atomic E-state index is -3.75. The average molecular weight is 370 g/mol. The van der Waals surface area contributed by atoms with E-state index in [2.05, 4.69) is 15.5 Å². The van der Waals surface area contributed by atoms with Crippen LogP contribution in [0.3, 0.4) is 0 Å². The smallest absolute Gasteiger partial charge is 0.238 e. The second-order valence-corrected chi connectivity index (χ2v) is 7.78. The van der Waals surface area contributed by atoms with Gasteiger partial charge in [-0.05, 0) is 24.3 Å². The van der Waals surface area contributed by atoms with Crippen LogP contribution < -0.4 is 16.3 Å². The third-order valence-electron chi connectivity index (χ3n) is 3.01. The molecule has 5 N–H and O–H groups in total. The first-order chi connectivity index (χ1) is 11.2. The topological polar surface area (TPSA) is 146 Å². The van der Waals surface area contributed by atoms with Crippen molar-refractivity contribution in [2.24, 2.45) is 5.14 Å². The van der Waals surface area contributed by atoms with Crippen LogP contribution in [0.15, 0.2) is 34.3 Å². The number of thioether (sulfide) groups is 1. The van der Waals surface area contributed by atoms with Crippen LogP contribution in [0.5, 0.6) is 0 Å². The average Bonchev–Trinajstić information content (AvgIpc) is 2.86. The van der Waals surface area contributed by atoms with Gasteiger partial charge in [0.05, 0.1) is 10.6 Å². The predicted molar refractivity (Wildman–Crippen MR) is 91.4 cm³/mol. The zero-order valence-electron chi connectivity index (χ0n) is 13.1. The summed E-state index contributed by atoms with van der Waals surface area (Å²) in [6, 6.07) is 5.57. The van der Waals surface area contributed by atoms with Gasteiger partial charge in [-0.3, -0.25) is 4.79 Å². The van der Waals surface area contributed by atoms with Crippen molar-refractivity contribution in [3.8, 4) is 0 Å². The SMILES string of the molecule is CC(C)c1nnc(SCC(=O)Nc2ccc(S(N)(=O)=O)cc2)n1N. The fourth-order valence-corrected chi connectivity index (χ4v) is 3.01. The van der Waals surface area contributed by atoms with Crippen molar-refractivity contribution in [3.05, 3.63) is 30.1 Å². The Bertz CT molecular complexity index is 830. The van der Waals surface area contributed by atoms with Gasteiger partial charge in [-0.25, -0.2) is 18.2 Å². The van der Waals surface area contributed by atoms with Crippen LogP contribution in [-0.4, -0.2) is 35.0 Å². The van der Waals surface area contributed by atoms with E-state index in [4.69, 9.17) is 11.0 Å². The zero-order chi connectivity index (χ0) is 17.9. The highest BCUT2D eigenvalue weighted by atomic mass is 32.2. The van der Waals surface area contributed by atoms with Crippen LogP contribution >= 0.6 is 11.8 Å². The summed E-state index contributed by atoms with van der Waals surface area (Å²) in [6.07, 6.45) is 0. The molecular formula is C13H18N6O3S2. The maximum Gasteiger partial charge on any atom is 0.238 e. The highest BCUT2D eigenvalue weighted by molar-refractivity contribution is 7.99. The molecule has 130 valence electrons. The molecule has 0 atom stereocenters. The molecule has 0 aliphatic carbocycles. The maximum atomic E-state index is 11.9. The number of hydrogen-bond donors (Lipinski definition) is 3. The quantitative estimate of drug-likeness (QED) is 0.495. The molecule has 0 saturated heterocycles. The summed E-state index contributed by atoms with van der Waals surface area (Å²) in [6.45, 7) is 3.89. The lowest BCUT2D eigenvalue weighted by atomic mass is 10.2. The first kappa shape index (κ1) is 18.2. The first-order valence-corrected chi connectivity index (χ1v) is 9.47. The molecule has 1 heterocycles. The Morgan fingerprint density at radius 3 is 2.42 bits per heavy atom. The summed E-state index contributed by atoms with van der Waals surface area (Å²) in [7, 11) is -3.75. The Kier molecular flexibility index (Phi) is 5.47. The predicted octanol–water partition coefficient (Wildman–Crippen LogP) is 0.494. The van der Waals surface area contributed by atoms with Crippen molar-refractivity contribution in [2.45, 2.75) is 29.8 Å². The lowest BCUT2D eigenvalue weighted by molar-refractivity contribution is -0.113. The van der Waals surface area contributed by atoms with Gasteiger partial charge in [0.2, 0.25) is 21.1 Å². The maximum absolute atomic E-state index is 11.9. The van der Waals surface area contributed by atoms with E-state index in [0.29, 0.717) is 16.7 Å². The van der Waals surface area contributed by atoms with Gasteiger partial charge in [0.1, 0.15) is 0 Å². The molecule has 0 saturated carbocycles. The lowest BCUT2D eigenvalue weighted by Gasteiger charge is -2.07. The third-order valence-corrected chi connectivity index (χ3v) is 4.88. The van der Waals surface area contributed by atoms with E-state index in [0.717, 1.165) is 11.8 Å². The van der Waals surface area contributed by atoms with Crippen molar-refractivity contribution in [1.82, 2.24) is 14.9 Å². The number of nitrogens with one attached hydrogen (secondary N) is 1. The van der Waals surface area contributed by atoms with Gasteiger partial charge in [0.15, 0.2) is 5.82 Å². The number of anilines is 1. The van der Waals surface area contributed by atoms with E-state index in [1.807, 2.05) is 13.8 Å². The molecule has 0 spiro atoms. The van der Waals surface area contributed by atoms with Crippen molar-refractivity contribution in [1.29, 1.82) is 0 Å². The highest BCUT2D eigenvalue weighted by Crippen LogP contribution is 2.19. The van der Waals surface area contributed by atoms with Crippen LogP contribution in [0.4, 0.5) is 5.69 Å². The van der Waals surface area contributed by atoms with Crippen LogP contribution in [0.1, 0.15) is 25.6 Å². The number of primary sulfonamides is 1. The molecule has 0 fully saturated rings. The number of nitrogens with two attached hydrogens (primary N) is 2. The van der Waals surface area contributed by atoms with Gasteiger partial charge in [0, 0.05) is 11.6 Å². The van der Waals surface area contributed by atoms with Crippen molar-refractivity contribution in [3.63, 3.8) is 0 Å². The van der Waals surface area contributed by atoms with E-state index < -0.39 is 10.0 Å². The van der Waals surface area contributed by atoms with Gasteiger partial charge < -0.3 is 11.2 Å². The number of hydrogen-bond acceptors (Lipinski definition) is 7. The van der Waals surface area contributed by atoms with Gasteiger partial charge in [-0.2, -0.15) is 0 Å². The largest absolute Gasteiger partial charge is 0.336 e. The molecule has 0 aliphatic rings. The Balaban J connectivity index is 1.94. The number of nitrogen functional groups attached to an aromatic ring is 1. The molecule has 2 rings (SSSR count). The van der Waals surface area contributed by atoms with Crippen molar-refractivity contribution < 1.29 is 13.2 Å². The Labute approximate surface area is 143 Å². The van der Waals surface area contributed by atoms with Gasteiger partial charge in [0.25, 0.3) is 0 Å². The van der Waals surface area contributed by atoms with Crippen LogP contribution in [0.2, 0.25) is 0 Å². The molecule has 1 aromatic heterocycles. The molecule has 24 heavy (non-hydrogen) atoms. The normalized spacial score (nSPS) is 11.7. The number of carbonyl (C=O) groups is 1. The van der Waals surface area contributed by atoms with Gasteiger partial charge in [-0.1, -0.05) is 25.6 Å². The molecule has 1 amide bonds. The standard InChI is InChI=1S/C13H18N6O3S2/c1-8(2)12-17-18-13(19(12)14)23-7-11(20)16-9-3-5-10(6-4-9)24(15,21)22/h3-6,8H,7,14H2,1-2H3,(H,16,20)(H2,15,21,22). The second kappa shape index (κ2) is 7.20. The van der Waals surface area contributed by atoms with Gasteiger partial charge >= 0.3 is 0 Å². The summed E-state index contributed by atoms with van der Waals surface area (Å²) in [4.78, 5) is 11.9. The summed E-state index contributed by atoms with van der Waals surface area (Å²) >= 11 is 1.16. The van der Waals surface area contributed by atoms with Crippen LogP contribution in [0.25, 0.3) is 0 Å². The van der Waals surface area contributed by atoms with Crippen LogP contribution in [0, 0.1) is 0 Å². The number of nitrogens with zero attached hydrogens (tertiary/aromatic N) is 3. The first-order valence-electron chi connectivity index (χ1n) is 6.94. The van der Waals surface area contributed by atoms with E-state index >= 15 is 0 Å².